The lowest BCUT2D eigenvalue weighted by atomic mass is 9.99. The average Bonchev–Trinajstić information content (AvgIpc) is 2.48. The van der Waals surface area contributed by atoms with Gasteiger partial charge in [-0.05, 0) is 12.0 Å². The maximum absolute atomic E-state index is 14.0. The van der Waals surface area contributed by atoms with Gasteiger partial charge in [0.1, 0.15) is 6.33 Å². The molecule has 0 amide bonds. The van der Waals surface area contributed by atoms with Crippen molar-refractivity contribution in [3.63, 3.8) is 0 Å². The molecule has 0 aliphatic carbocycles. The highest BCUT2D eigenvalue weighted by molar-refractivity contribution is 5.61. The molecule has 0 N–H and O–H groups in total. The lowest BCUT2D eigenvalue weighted by molar-refractivity contribution is -0.0157. The second kappa shape index (κ2) is 6.55. The first kappa shape index (κ1) is 14.6. The summed E-state index contributed by atoms with van der Waals surface area (Å²) in [6, 6.07) is 6.38. The van der Waals surface area contributed by atoms with E-state index in [0.717, 1.165) is 24.0 Å². The molecule has 0 aliphatic heterocycles. The molecule has 0 radical (unpaired) electrons. The number of hydrogen-bond acceptors (Lipinski definition) is 2. The van der Waals surface area contributed by atoms with Crippen molar-refractivity contribution in [2.45, 2.75) is 38.5 Å². The van der Waals surface area contributed by atoms with E-state index in [1.54, 1.807) is 24.5 Å². The highest BCUT2D eigenvalue weighted by Crippen LogP contribution is 2.34. The third-order valence-corrected chi connectivity index (χ3v) is 3.30. The summed E-state index contributed by atoms with van der Waals surface area (Å²) in [7, 11) is 0. The van der Waals surface area contributed by atoms with Crippen LogP contribution in [0.1, 0.15) is 38.2 Å². The lowest BCUT2D eigenvalue weighted by Gasteiger charge is -2.17. The Morgan fingerprint density at radius 3 is 2.20 bits per heavy atom. The van der Waals surface area contributed by atoms with Gasteiger partial charge in [-0.15, -0.1) is 0 Å². The normalized spacial score (nSPS) is 11.6. The predicted octanol–water partition coefficient (Wildman–Crippen LogP) is 4.82. The van der Waals surface area contributed by atoms with Gasteiger partial charge in [-0.1, -0.05) is 44.0 Å². The number of unbranched alkanes of at least 4 members (excludes halogenated alkanes) is 2. The molecule has 2 rings (SSSR count). The summed E-state index contributed by atoms with van der Waals surface area (Å²) >= 11 is 0. The SMILES string of the molecule is CCCCCC(F)(F)c1ccc(-c2cncnc2)cc1. The van der Waals surface area contributed by atoms with Crippen molar-refractivity contribution in [3.05, 3.63) is 48.5 Å². The molecule has 1 aromatic heterocycles. The van der Waals surface area contributed by atoms with Gasteiger partial charge in [0.05, 0.1) is 0 Å². The van der Waals surface area contributed by atoms with Crippen LogP contribution in [0.5, 0.6) is 0 Å². The Labute approximate surface area is 117 Å². The summed E-state index contributed by atoms with van der Waals surface area (Å²) in [5.41, 5.74) is 1.75. The fourth-order valence-electron chi connectivity index (χ4n) is 2.10. The van der Waals surface area contributed by atoms with Gasteiger partial charge >= 0.3 is 0 Å². The molecule has 0 fully saturated rings. The van der Waals surface area contributed by atoms with E-state index in [1.807, 2.05) is 6.92 Å². The molecular formula is C16H18F2N2. The molecule has 0 saturated heterocycles. The molecule has 20 heavy (non-hydrogen) atoms. The number of hydrogen-bond donors (Lipinski definition) is 0. The minimum Gasteiger partial charge on any atom is -0.244 e. The molecule has 2 aromatic rings. The van der Waals surface area contributed by atoms with Crippen molar-refractivity contribution < 1.29 is 8.78 Å². The van der Waals surface area contributed by atoms with Gasteiger partial charge in [0.25, 0.3) is 5.92 Å². The van der Waals surface area contributed by atoms with Crippen LogP contribution in [0, 0.1) is 0 Å². The minimum absolute atomic E-state index is 0.0780. The van der Waals surface area contributed by atoms with Crippen LogP contribution < -0.4 is 0 Å². The lowest BCUT2D eigenvalue weighted by Crippen LogP contribution is -2.12. The number of halogens is 2. The molecule has 0 spiro atoms. The van der Waals surface area contributed by atoms with Crippen LogP contribution in [0.25, 0.3) is 11.1 Å². The van der Waals surface area contributed by atoms with E-state index in [0.29, 0.717) is 6.42 Å². The van der Waals surface area contributed by atoms with E-state index in [9.17, 15) is 8.78 Å². The molecule has 106 valence electrons. The Morgan fingerprint density at radius 1 is 0.950 bits per heavy atom. The minimum atomic E-state index is -2.75. The molecule has 0 aliphatic rings. The van der Waals surface area contributed by atoms with E-state index in [2.05, 4.69) is 9.97 Å². The zero-order valence-electron chi connectivity index (χ0n) is 11.5. The Morgan fingerprint density at radius 2 is 1.60 bits per heavy atom. The van der Waals surface area contributed by atoms with Crippen LogP contribution in [0.2, 0.25) is 0 Å². The first-order valence-electron chi connectivity index (χ1n) is 6.87. The monoisotopic (exact) mass is 276 g/mol. The Balaban J connectivity index is 2.11. The summed E-state index contributed by atoms with van der Waals surface area (Å²) in [4.78, 5) is 7.85. The molecule has 0 unspecified atom stereocenters. The quantitative estimate of drug-likeness (QED) is 0.707. The number of aromatic nitrogens is 2. The molecule has 1 heterocycles. The summed E-state index contributed by atoms with van der Waals surface area (Å²) in [6.45, 7) is 2.01. The summed E-state index contributed by atoms with van der Waals surface area (Å²) < 4.78 is 28.0. The zero-order valence-corrected chi connectivity index (χ0v) is 11.5. The predicted molar refractivity (Wildman–Crippen MR) is 75.5 cm³/mol. The fraction of sp³-hybridized carbons (Fsp3) is 0.375. The van der Waals surface area contributed by atoms with Crippen LogP contribution in [-0.4, -0.2) is 9.97 Å². The summed E-state index contributed by atoms with van der Waals surface area (Å²) in [5.74, 6) is -2.75. The summed E-state index contributed by atoms with van der Waals surface area (Å²) in [5, 5.41) is 0. The van der Waals surface area contributed by atoms with Crippen LogP contribution >= 0.6 is 0 Å². The second-order valence-corrected chi connectivity index (χ2v) is 4.87. The van der Waals surface area contributed by atoms with Crippen molar-refractivity contribution in [2.24, 2.45) is 0 Å². The molecular weight excluding hydrogens is 258 g/mol. The van der Waals surface area contributed by atoms with Crippen molar-refractivity contribution in [2.75, 3.05) is 0 Å². The number of rotatable bonds is 6. The van der Waals surface area contributed by atoms with E-state index in [4.69, 9.17) is 0 Å². The maximum Gasteiger partial charge on any atom is 0.273 e. The van der Waals surface area contributed by atoms with Crippen molar-refractivity contribution in [1.82, 2.24) is 9.97 Å². The highest BCUT2D eigenvalue weighted by atomic mass is 19.3. The van der Waals surface area contributed by atoms with Crippen molar-refractivity contribution in [1.29, 1.82) is 0 Å². The molecule has 2 nitrogen and oxygen atoms in total. The molecule has 0 atom stereocenters. The maximum atomic E-state index is 14.0. The first-order valence-corrected chi connectivity index (χ1v) is 6.87. The van der Waals surface area contributed by atoms with Gasteiger partial charge in [-0.3, -0.25) is 0 Å². The molecule has 0 saturated carbocycles. The topological polar surface area (TPSA) is 25.8 Å². The fourth-order valence-corrected chi connectivity index (χ4v) is 2.10. The number of nitrogens with zero attached hydrogens (tertiary/aromatic N) is 2. The van der Waals surface area contributed by atoms with Gasteiger partial charge in [-0.2, -0.15) is 0 Å². The van der Waals surface area contributed by atoms with Crippen LogP contribution in [0.4, 0.5) is 8.78 Å². The van der Waals surface area contributed by atoms with Crippen LogP contribution in [0.15, 0.2) is 43.0 Å². The van der Waals surface area contributed by atoms with Crippen LogP contribution in [0.3, 0.4) is 0 Å². The van der Waals surface area contributed by atoms with Gasteiger partial charge in [0.2, 0.25) is 0 Å². The number of benzene rings is 1. The van der Waals surface area contributed by atoms with E-state index < -0.39 is 5.92 Å². The average molecular weight is 276 g/mol. The largest absolute Gasteiger partial charge is 0.273 e. The standard InChI is InChI=1S/C16H18F2N2/c1-2-3-4-9-16(17,18)15-7-5-13(6-8-15)14-10-19-12-20-11-14/h5-8,10-12H,2-4,9H2,1H3. The zero-order chi connectivity index (χ0) is 14.4. The summed E-state index contributed by atoms with van der Waals surface area (Å²) in [6.07, 6.45) is 7.03. The van der Waals surface area contributed by atoms with Gasteiger partial charge < -0.3 is 0 Å². The smallest absolute Gasteiger partial charge is 0.244 e. The Bertz CT molecular complexity index is 524. The molecule has 4 heteroatoms. The highest BCUT2D eigenvalue weighted by Gasteiger charge is 2.30. The van der Waals surface area contributed by atoms with Crippen molar-refractivity contribution >= 4 is 0 Å². The van der Waals surface area contributed by atoms with Gasteiger partial charge in [0, 0.05) is 29.9 Å². The van der Waals surface area contributed by atoms with E-state index in [1.165, 1.54) is 18.5 Å². The van der Waals surface area contributed by atoms with E-state index >= 15 is 0 Å². The van der Waals surface area contributed by atoms with Crippen LogP contribution in [-0.2, 0) is 5.92 Å². The molecule has 1 aromatic carbocycles. The first-order chi connectivity index (χ1) is 9.63. The third kappa shape index (κ3) is 3.59. The number of alkyl halides is 2. The van der Waals surface area contributed by atoms with E-state index in [-0.39, 0.29) is 12.0 Å². The second-order valence-electron chi connectivity index (χ2n) is 4.87. The van der Waals surface area contributed by atoms with Gasteiger partial charge in [0.15, 0.2) is 0 Å². The van der Waals surface area contributed by atoms with Gasteiger partial charge in [-0.25, -0.2) is 18.7 Å². The third-order valence-electron chi connectivity index (χ3n) is 3.30. The molecule has 0 bridgehead atoms. The van der Waals surface area contributed by atoms with Crippen molar-refractivity contribution in [3.8, 4) is 11.1 Å². The Kier molecular flexibility index (Phi) is 4.77. The Hall–Kier alpha value is -1.84.